The molecule has 1 aliphatic heterocycles. The molecule has 0 aliphatic carbocycles. The number of benzene rings is 1. The standard InChI is InChI=1S/C22H24N2O4S/c1-14-16(23-22(28-14)20-7-5-11-29-20)13-21(25)24-10-4-6-17(24)15-8-9-18(26-2)19(12-15)27-3/h5,7-9,11-12,17H,4,6,10,13H2,1-3H3/t17-/m1/s1. The van der Waals surface area contributed by atoms with E-state index in [1.807, 2.05) is 47.5 Å². The van der Waals surface area contributed by atoms with Gasteiger partial charge in [-0.15, -0.1) is 11.3 Å². The fraction of sp³-hybridized carbons (Fsp3) is 0.364. The van der Waals surface area contributed by atoms with Crippen molar-refractivity contribution in [3.8, 4) is 22.3 Å². The number of ether oxygens (including phenoxy) is 2. The Bertz CT molecular complexity index is 996. The molecule has 1 atom stereocenters. The number of rotatable bonds is 6. The monoisotopic (exact) mass is 412 g/mol. The second-order valence-corrected chi connectivity index (χ2v) is 7.98. The fourth-order valence-corrected chi connectivity index (χ4v) is 4.46. The van der Waals surface area contributed by atoms with Crippen molar-refractivity contribution in [2.24, 2.45) is 0 Å². The van der Waals surface area contributed by atoms with Gasteiger partial charge in [0.05, 0.1) is 37.3 Å². The van der Waals surface area contributed by atoms with Crippen LogP contribution in [0.25, 0.3) is 10.8 Å². The quantitative estimate of drug-likeness (QED) is 0.590. The fourth-order valence-electron chi connectivity index (χ4n) is 3.81. The molecule has 4 rings (SSSR count). The largest absolute Gasteiger partial charge is 0.493 e. The molecule has 6 nitrogen and oxygen atoms in total. The summed E-state index contributed by atoms with van der Waals surface area (Å²) < 4.78 is 16.5. The van der Waals surface area contributed by atoms with Crippen LogP contribution in [0.1, 0.15) is 35.9 Å². The van der Waals surface area contributed by atoms with Gasteiger partial charge in [-0.05, 0) is 48.9 Å². The molecule has 1 amide bonds. The zero-order chi connectivity index (χ0) is 20.4. The van der Waals surface area contributed by atoms with Gasteiger partial charge in [0.15, 0.2) is 11.5 Å². The van der Waals surface area contributed by atoms with Gasteiger partial charge in [0.25, 0.3) is 0 Å². The smallest absolute Gasteiger partial charge is 0.236 e. The van der Waals surface area contributed by atoms with Crippen LogP contribution in [0.5, 0.6) is 11.5 Å². The Balaban J connectivity index is 1.53. The van der Waals surface area contributed by atoms with Crippen LogP contribution in [0.4, 0.5) is 0 Å². The van der Waals surface area contributed by atoms with Crippen LogP contribution in [0.15, 0.2) is 40.1 Å². The maximum atomic E-state index is 13.1. The van der Waals surface area contributed by atoms with Gasteiger partial charge in [-0.25, -0.2) is 4.98 Å². The van der Waals surface area contributed by atoms with Crippen molar-refractivity contribution in [3.05, 3.63) is 52.7 Å². The lowest BCUT2D eigenvalue weighted by atomic mass is 10.0. The van der Waals surface area contributed by atoms with Crippen molar-refractivity contribution in [2.75, 3.05) is 20.8 Å². The summed E-state index contributed by atoms with van der Waals surface area (Å²) in [5.41, 5.74) is 1.76. The third-order valence-corrected chi connectivity index (χ3v) is 6.17. The van der Waals surface area contributed by atoms with Crippen LogP contribution in [0, 0.1) is 6.92 Å². The van der Waals surface area contributed by atoms with Crippen LogP contribution < -0.4 is 9.47 Å². The van der Waals surface area contributed by atoms with Crippen molar-refractivity contribution in [3.63, 3.8) is 0 Å². The molecule has 0 radical (unpaired) electrons. The van der Waals surface area contributed by atoms with Crippen LogP contribution in [0.2, 0.25) is 0 Å². The molecule has 3 heterocycles. The Morgan fingerprint density at radius 1 is 1.28 bits per heavy atom. The predicted octanol–water partition coefficient (Wildman–Crippen LogP) is 4.63. The van der Waals surface area contributed by atoms with E-state index in [1.165, 1.54) is 0 Å². The van der Waals surface area contributed by atoms with Crippen LogP contribution >= 0.6 is 11.3 Å². The molecule has 1 saturated heterocycles. The average Bonchev–Trinajstić information content (AvgIpc) is 3.48. The highest BCUT2D eigenvalue weighted by Gasteiger charge is 2.31. The number of methoxy groups -OCH3 is 2. The van der Waals surface area contributed by atoms with E-state index >= 15 is 0 Å². The van der Waals surface area contributed by atoms with Gasteiger partial charge in [-0.3, -0.25) is 4.79 Å². The van der Waals surface area contributed by atoms with Crippen molar-refractivity contribution in [1.29, 1.82) is 0 Å². The number of hydrogen-bond donors (Lipinski definition) is 0. The SMILES string of the molecule is COc1ccc([C@H]2CCCN2C(=O)Cc2nc(-c3cccs3)oc2C)cc1OC. The number of likely N-dealkylation sites (tertiary alicyclic amines) is 1. The maximum Gasteiger partial charge on any atom is 0.236 e. The van der Waals surface area contributed by atoms with Crippen molar-refractivity contribution in [1.82, 2.24) is 9.88 Å². The lowest BCUT2D eigenvalue weighted by Crippen LogP contribution is -2.32. The molecular weight excluding hydrogens is 388 g/mol. The second-order valence-electron chi connectivity index (χ2n) is 7.04. The van der Waals surface area contributed by atoms with Gasteiger partial charge in [0.2, 0.25) is 11.8 Å². The van der Waals surface area contributed by atoms with E-state index in [2.05, 4.69) is 4.98 Å². The molecular formula is C22H24N2O4S. The number of aromatic nitrogens is 1. The number of carbonyl (C=O) groups excluding carboxylic acids is 1. The van der Waals surface area contributed by atoms with E-state index in [4.69, 9.17) is 13.9 Å². The highest BCUT2D eigenvalue weighted by atomic mass is 32.1. The van der Waals surface area contributed by atoms with E-state index in [0.717, 1.165) is 29.8 Å². The number of oxazole rings is 1. The topological polar surface area (TPSA) is 64.8 Å². The minimum Gasteiger partial charge on any atom is -0.493 e. The normalized spacial score (nSPS) is 16.2. The lowest BCUT2D eigenvalue weighted by Gasteiger charge is -2.25. The summed E-state index contributed by atoms with van der Waals surface area (Å²) >= 11 is 1.57. The van der Waals surface area contributed by atoms with E-state index in [1.54, 1.807) is 25.6 Å². The number of thiophene rings is 1. The molecule has 0 bridgehead atoms. The summed E-state index contributed by atoms with van der Waals surface area (Å²) in [6.07, 6.45) is 2.15. The van der Waals surface area contributed by atoms with Gasteiger partial charge >= 0.3 is 0 Å². The Morgan fingerprint density at radius 3 is 2.83 bits per heavy atom. The minimum atomic E-state index is 0.0336. The molecule has 0 saturated carbocycles. The van der Waals surface area contributed by atoms with E-state index in [-0.39, 0.29) is 18.4 Å². The summed E-state index contributed by atoms with van der Waals surface area (Å²) in [7, 11) is 3.24. The van der Waals surface area contributed by atoms with Gasteiger partial charge in [0, 0.05) is 6.54 Å². The third-order valence-electron chi connectivity index (χ3n) is 5.31. The minimum absolute atomic E-state index is 0.0336. The van der Waals surface area contributed by atoms with Gasteiger partial charge in [0.1, 0.15) is 5.76 Å². The average molecular weight is 413 g/mol. The van der Waals surface area contributed by atoms with Gasteiger partial charge < -0.3 is 18.8 Å². The first kappa shape index (κ1) is 19.5. The zero-order valence-electron chi connectivity index (χ0n) is 16.8. The first-order valence-electron chi connectivity index (χ1n) is 9.62. The van der Waals surface area contributed by atoms with Gasteiger partial charge in [-0.2, -0.15) is 0 Å². The molecule has 1 aliphatic rings. The molecule has 1 fully saturated rings. The summed E-state index contributed by atoms with van der Waals surface area (Å²) in [4.78, 5) is 20.6. The summed E-state index contributed by atoms with van der Waals surface area (Å²) in [5, 5.41) is 1.98. The van der Waals surface area contributed by atoms with Crippen molar-refractivity contribution < 1.29 is 18.7 Å². The third kappa shape index (κ3) is 3.87. The number of aryl methyl sites for hydroxylation is 1. The number of nitrogens with zero attached hydrogens (tertiary/aromatic N) is 2. The first-order valence-corrected chi connectivity index (χ1v) is 10.5. The Hall–Kier alpha value is -2.80. The summed E-state index contributed by atoms with van der Waals surface area (Å²) in [5.74, 6) is 2.71. The van der Waals surface area contributed by atoms with E-state index in [9.17, 15) is 4.79 Å². The van der Waals surface area contributed by atoms with E-state index < -0.39 is 0 Å². The highest BCUT2D eigenvalue weighted by Crippen LogP contribution is 2.37. The molecule has 152 valence electrons. The number of hydrogen-bond acceptors (Lipinski definition) is 6. The molecule has 2 aromatic heterocycles. The van der Waals surface area contributed by atoms with E-state index in [0.29, 0.717) is 28.8 Å². The molecule has 7 heteroatoms. The Kier molecular flexibility index (Phi) is 5.58. The molecule has 0 N–H and O–H groups in total. The number of amides is 1. The highest BCUT2D eigenvalue weighted by molar-refractivity contribution is 7.13. The first-order chi connectivity index (χ1) is 14.1. The van der Waals surface area contributed by atoms with Gasteiger partial charge in [-0.1, -0.05) is 12.1 Å². The summed E-state index contributed by atoms with van der Waals surface area (Å²) in [6, 6.07) is 9.83. The molecule has 29 heavy (non-hydrogen) atoms. The Labute approximate surface area is 174 Å². The number of carbonyl (C=O) groups is 1. The lowest BCUT2D eigenvalue weighted by molar-refractivity contribution is -0.131. The van der Waals surface area contributed by atoms with Crippen molar-refractivity contribution >= 4 is 17.2 Å². The zero-order valence-corrected chi connectivity index (χ0v) is 17.6. The van der Waals surface area contributed by atoms with Crippen molar-refractivity contribution in [2.45, 2.75) is 32.2 Å². The summed E-state index contributed by atoms with van der Waals surface area (Å²) in [6.45, 7) is 2.61. The van der Waals surface area contributed by atoms with Crippen LogP contribution in [-0.2, 0) is 11.2 Å². The second kappa shape index (κ2) is 8.29. The molecule has 1 aromatic carbocycles. The molecule has 0 unspecified atom stereocenters. The molecule has 3 aromatic rings. The molecule has 0 spiro atoms. The van der Waals surface area contributed by atoms with Crippen LogP contribution in [-0.4, -0.2) is 36.6 Å². The van der Waals surface area contributed by atoms with Crippen LogP contribution in [0.3, 0.4) is 0 Å². The Morgan fingerprint density at radius 2 is 2.10 bits per heavy atom. The predicted molar refractivity (Wildman–Crippen MR) is 111 cm³/mol. The maximum absolute atomic E-state index is 13.1.